The third-order valence-corrected chi connectivity index (χ3v) is 3.18. The SMILES string of the molecule is CCNC(c1cn(C)cn1)c1ccc(OC)cc1OC. The van der Waals surface area contributed by atoms with Crippen LogP contribution >= 0.6 is 0 Å². The Morgan fingerprint density at radius 3 is 2.65 bits per heavy atom. The number of ether oxygens (including phenoxy) is 2. The Morgan fingerprint density at radius 1 is 1.30 bits per heavy atom. The topological polar surface area (TPSA) is 48.3 Å². The molecule has 0 fully saturated rings. The molecule has 1 unspecified atom stereocenters. The second kappa shape index (κ2) is 6.43. The van der Waals surface area contributed by atoms with Crippen LogP contribution in [0.2, 0.25) is 0 Å². The number of benzene rings is 1. The number of nitrogens with one attached hydrogen (secondary N) is 1. The van der Waals surface area contributed by atoms with Crippen molar-refractivity contribution in [1.82, 2.24) is 14.9 Å². The summed E-state index contributed by atoms with van der Waals surface area (Å²) in [6, 6.07) is 5.84. The number of aryl methyl sites for hydroxylation is 1. The Hall–Kier alpha value is -2.01. The van der Waals surface area contributed by atoms with Gasteiger partial charge in [-0.2, -0.15) is 0 Å². The molecule has 0 amide bonds. The van der Waals surface area contributed by atoms with Gasteiger partial charge in [0.25, 0.3) is 0 Å². The van der Waals surface area contributed by atoms with Crippen LogP contribution in [0.25, 0.3) is 0 Å². The normalized spacial score (nSPS) is 12.2. The van der Waals surface area contributed by atoms with Crippen molar-refractivity contribution in [2.45, 2.75) is 13.0 Å². The molecule has 0 radical (unpaired) electrons. The average Bonchev–Trinajstić information content (AvgIpc) is 2.90. The van der Waals surface area contributed by atoms with Gasteiger partial charge in [-0.05, 0) is 18.7 Å². The first kappa shape index (κ1) is 14.4. The van der Waals surface area contributed by atoms with Crippen molar-refractivity contribution in [1.29, 1.82) is 0 Å². The minimum atomic E-state index is 0.00190. The van der Waals surface area contributed by atoms with Gasteiger partial charge in [-0.15, -0.1) is 0 Å². The van der Waals surface area contributed by atoms with E-state index >= 15 is 0 Å². The maximum absolute atomic E-state index is 5.49. The number of hydrogen-bond acceptors (Lipinski definition) is 4. The third kappa shape index (κ3) is 2.93. The lowest BCUT2D eigenvalue weighted by molar-refractivity contribution is 0.387. The number of aromatic nitrogens is 2. The highest BCUT2D eigenvalue weighted by atomic mass is 16.5. The van der Waals surface area contributed by atoms with Crippen LogP contribution in [0.4, 0.5) is 0 Å². The van der Waals surface area contributed by atoms with Gasteiger partial charge in [0.15, 0.2) is 0 Å². The molecule has 0 spiro atoms. The van der Waals surface area contributed by atoms with E-state index in [4.69, 9.17) is 9.47 Å². The minimum absolute atomic E-state index is 0.00190. The third-order valence-electron chi connectivity index (χ3n) is 3.18. The van der Waals surface area contributed by atoms with Crippen LogP contribution in [0.3, 0.4) is 0 Å². The van der Waals surface area contributed by atoms with E-state index in [1.54, 1.807) is 20.5 Å². The standard InChI is InChI=1S/C15H21N3O2/c1-5-16-15(13-9-18(2)10-17-13)12-7-6-11(19-3)8-14(12)20-4/h6-10,15-16H,5H2,1-4H3. The van der Waals surface area contributed by atoms with Crippen LogP contribution in [-0.4, -0.2) is 30.3 Å². The van der Waals surface area contributed by atoms with Crippen molar-refractivity contribution in [2.75, 3.05) is 20.8 Å². The minimum Gasteiger partial charge on any atom is -0.497 e. The second-order valence-electron chi connectivity index (χ2n) is 4.56. The van der Waals surface area contributed by atoms with E-state index < -0.39 is 0 Å². The fourth-order valence-electron chi connectivity index (χ4n) is 2.22. The summed E-state index contributed by atoms with van der Waals surface area (Å²) in [6.07, 6.45) is 3.81. The molecule has 0 bridgehead atoms. The summed E-state index contributed by atoms with van der Waals surface area (Å²) in [7, 11) is 5.28. The molecule has 20 heavy (non-hydrogen) atoms. The summed E-state index contributed by atoms with van der Waals surface area (Å²) in [6.45, 7) is 2.92. The number of nitrogens with zero attached hydrogens (tertiary/aromatic N) is 2. The van der Waals surface area contributed by atoms with E-state index in [9.17, 15) is 0 Å². The van der Waals surface area contributed by atoms with Crippen molar-refractivity contribution in [3.05, 3.63) is 42.0 Å². The molecule has 5 nitrogen and oxygen atoms in total. The van der Waals surface area contributed by atoms with Crippen molar-refractivity contribution < 1.29 is 9.47 Å². The molecule has 1 aromatic carbocycles. The first-order valence-corrected chi connectivity index (χ1v) is 6.62. The zero-order valence-corrected chi connectivity index (χ0v) is 12.4. The molecule has 2 rings (SSSR count). The van der Waals surface area contributed by atoms with Crippen LogP contribution < -0.4 is 14.8 Å². The fourth-order valence-corrected chi connectivity index (χ4v) is 2.22. The molecular weight excluding hydrogens is 254 g/mol. The Labute approximate surface area is 119 Å². The zero-order valence-electron chi connectivity index (χ0n) is 12.4. The van der Waals surface area contributed by atoms with Gasteiger partial charge in [-0.25, -0.2) is 4.98 Å². The zero-order chi connectivity index (χ0) is 14.5. The van der Waals surface area contributed by atoms with Crippen LogP contribution in [0.5, 0.6) is 11.5 Å². The quantitative estimate of drug-likeness (QED) is 0.877. The molecule has 0 saturated carbocycles. The van der Waals surface area contributed by atoms with Gasteiger partial charge < -0.3 is 19.4 Å². The van der Waals surface area contributed by atoms with Gasteiger partial charge in [0.2, 0.25) is 0 Å². The molecule has 1 N–H and O–H groups in total. The summed E-state index contributed by atoms with van der Waals surface area (Å²) in [5.74, 6) is 1.57. The number of imidazole rings is 1. The summed E-state index contributed by atoms with van der Waals surface area (Å²) < 4.78 is 12.7. The van der Waals surface area contributed by atoms with Gasteiger partial charge in [-0.3, -0.25) is 0 Å². The first-order valence-electron chi connectivity index (χ1n) is 6.62. The van der Waals surface area contributed by atoms with Gasteiger partial charge in [0, 0.05) is 24.9 Å². The second-order valence-corrected chi connectivity index (χ2v) is 4.56. The molecule has 0 saturated heterocycles. The molecule has 5 heteroatoms. The molecule has 2 aromatic rings. The molecule has 1 atom stereocenters. The largest absolute Gasteiger partial charge is 0.497 e. The van der Waals surface area contributed by atoms with E-state index in [0.717, 1.165) is 29.3 Å². The predicted octanol–water partition coefficient (Wildman–Crippen LogP) is 2.14. The van der Waals surface area contributed by atoms with Crippen LogP contribution in [0.1, 0.15) is 24.2 Å². The first-order chi connectivity index (χ1) is 9.69. The number of hydrogen-bond donors (Lipinski definition) is 1. The molecular formula is C15H21N3O2. The van der Waals surface area contributed by atoms with E-state index in [1.165, 1.54) is 0 Å². The van der Waals surface area contributed by atoms with Crippen LogP contribution in [0.15, 0.2) is 30.7 Å². The maximum Gasteiger partial charge on any atom is 0.127 e. The predicted molar refractivity (Wildman–Crippen MR) is 78.3 cm³/mol. The lowest BCUT2D eigenvalue weighted by Gasteiger charge is -2.19. The fraction of sp³-hybridized carbons (Fsp3) is 0.400. The Kier molecular flexibility index (Phi) is 4.63. The number of methoxy groups -OCH3 is 2. The Morgan fingerprint density at radius 2 is 2.10 bits per heavy atom. The van der Waals surface area contributed by atoms with Crippen LogP contribution in [-0.2, 0) is 7.05 Å². The van der Waals surface area contributed by atoms with Gasteiger partial charge >= 0.3 is 0 Å². The molecule has 1 aromatic heterocycles. The van der Waals surface area contributed by atoms with Crippen molar-refractivity contribution in [3.63, 3.8) is 0 Å². The van der Waals surface area contributed by atoms with Crippen molar-refractivity contribution >= 4 is 0 Å². The summed E-state index contributed by atoms with van der Waals surface area (Å²) >= 11 is 0. The van der Waals surface area contributed by atoms with Crippen molar-refractivity contribution in [2.24, 2.45) is 7.05 Å². The Balaban J connectivity index is 2.43. The highest BCUT2D eigenvalue weighted by Crippen LogP contribution is 2.32. The molecule has 0 aliphatic rings. The van der Waals surface area contributed by atoms with Crippen LogP contribution in [0, 0.1) is 0 Å². The van der Waals surface area contributed by atoms with E-state index in [2.05, 4.69) is 17.2 Å². The summed E-state index contributed by atoms with van der Waals surface area (Å²) in [5.41, 5.74) is 2.02. The van der Waals surface area contributed by atoms with Crippen molar-refractivity contribution in [3.8, 4) is 11.5 Å². The number of rotatable bonds is 6. The maximum atomic E-state index is 5.49. The summed E-state index contributed by atoms with van der Waals surface area (Å²) in [5, 5.41) is 3.44. The Bertz CT molecular complexity index is 566. The molecule has 0 aliphatic heterocycles. The molecule has 0 aliphatic carbocycles. The van der Waals surface area contributed by atoms with Gasteiger partial charge in [-0.1, -0.05) is 6.92 Å². The van der Waals surface area contributed by atoms with Gasteiger partial charge in [0.1, 0.15) is 11.5 Å². The lowest BCUT2D eigenvalue weighted by atomic mass is 10.0. The van der Waals surface area contributed by atoms with E-state index in [-0.39, 0.29) is 6.04 Å². The van der Waals surface area contributed by atoms with Gasteiger partial charge in [0.05, 0.1) is 32.3 Å². The monoisotopic (exact) mass is 275 g/mol. The summed E-state index contributed by atoms with van der Waals surface area (Å²) in [4.78, 5) is 4.44. The van der Waals surface area contributed by atoms with E-state index in [1.807, 2.05) is 36.0 Å². The average molecular weight is 275 g/mol. The smallest absolute Gasteiger partial charge is 0.127 e. The highest BCUT2D eigenvalue weighted by molar-refractivity contribution is 5.44. The lowest BCUT2D eigenvalue weighted by Crippen LogP contribution is -2.23. The molecule has 108 valence electrons. The molecule has 1 heterocycles. The highest BCUT2D eigenvalue weighted by Gasteiger charge is 2.20. The van der Waals surface area contributed by atoms with E-state index in [0.29, 0.717) is 0 Å².